The van der Waals surface area contributed by atoms with Gasteiger partial charge in [-0.3, -0.25) is 4.79 Å². The number of rotatable bonds is 4. The number of hydrogen-bond donors (Lipinski definition) is 2. The maximum absolute atomic E-state index is 11.4. The Morgan fingerprint density at radius 3 is 2.86 bits per heavy atom. The highest BCUT2D eigenvalue weighted by molar-refractivity contribution is 5.76. The van der Waals surface area contributed by atoms with Gasteiger partial charge < -0.3 is 10.6 Å². The minimum Gasteiger partial charge on any atom is -0.355 e. The first-order valence-corrected chi connectivity index (χ1v) is 5.24. The zero-order chi connectivity index (χ0) is 10.2. The van der Waals surface area contributed by atoms with Gasteiger partial charge in [-0.05, 0) is 31.8 Å². The first kappa shape index (κ1) is 11.1. The van der Waals surface area contributed by atoms with Crippen LogP contribution < -0.4 is 10.6 Å². The second-order valence-electron chi connectivity index (χ2n) is 3.70. The Hall–Kier alpha value is -1.01. The van der Waals surface area contributed by atoms with Crippen molar-refractivity contribution >= 4 is 5.91 Å². The van der Waals surface area contributed by atoms with E-state index in [1.165, 1.54) is 0 Å². The lowest BCUT2D eigenvalue weighted by atomic mass is 9.94. The van der Waals surface area contributed by atoms with Crippen LogP contribution in [0.2, 0.25) is 0 Å². The summed E-state index contributed by atoms with van der Waals surface area (Å²) in [7, 11) is 0. The minimum atomic E-state index is 0.146. The fraction of sp³-hybridized carbons (Fsp3) is 0.727. The second-order valence-corrected chi connectivity index (χ2v) is 3.70. The van der Waals surface area contributed by atoms with Gasteiger partial charge in [-0.2, -0.15) is 0 Å². The van der Waals surface area contributed by atoms with Crippen LogP contribution in [0.5, 0.6) is 0 Å². The van der Waals surface area contributed by atoms with Gasteiger partial charge in [-0.15, -0.1) is 12.3 Å². The third-order valence-electron chi connectivity index (χ3n) is 2.52. The van der Waals surface area contributed by atoms with E-state index in [2.05, 4.69) is 16.6 Å². The maximum Gasteiger partial charge on any atom is 0.220 e. The standard InChI is InChI=1S/C11H18N2O/c1-2-3-6-13-11(14)9-10-4-7-12-8-5-10/h1,10,12H,3-9H2,(H,13,14). The molecule has 1 aliphatic heterocycles. The Morgan fingerprint density at radius 2 is 2.21 bits per heavy atom. The molecule has 0 aliphatic carbocycles. The molecule has 2 N–H and O–H groups in total. The molecule has 0 aromatic rings. The van der Waals surface area contributed by atoms with Gasteiger partial charge in [0, 0.05) is 19.4 Å². The van der Waals surface area contributed by atoms with Crippen molar-refractivity contribution in [3.8, 4) is 12.3 Å². The topological polar surface area (TPSA) is 41.1 Å². The van der Waals surface area contributed by atoms with Gasteiger partial charge in [0.2, 0.25) is 5.91 Å². The van der Waals surface area contributed by atoms with Crippen LogP contribution in [0, 0.1) is 18.3 Å². The molecule has 0 atom stereocenters. The van der Waals surface area contributed by atoms with Crippen molar-refractivity contribution in [2.45, 2.75) is 25.7 Å². The Labute approximate surface area is 85.6 Å². The smallest absolute Gasteiger partial charge is 0.220 e. The van der Waals surface area contributed by atoms with Gasteiger partial charge in [-0.25, -0.2) is 0 Å². The average molecular weight is 194 g/mol. The number of piperidine rings is 1. The van der Waals surface area contributed by atoms with E-state index in [1.54, 1.807) is 0 Å². The molecule has 0 bridgehead atoms. The Balaban J connectivity index is 2.10. The summed E-state index contributed by atoms with van der Waals surface area (Å²) >= 11 is 0. The van der Waals surface area contributed by atoms with Crippen LogP contribution >= 0.6 is 0 Å². The molecule has 1 fully saturated rings. The van der Waals surface area contributed by atoms with Crippen molar-refractivity contribution in [3.63, 3.8) is 0 Å². The third-order valence-corrected chi connectivity index (χ3v) is 2.52. The summed E-state index contributed by atoms with van der Waals surface area (Å²) in [6.07, 6.45) is 8.60. The number of nitrogens with one attached hydrogen (secondary N) is 2. The van der Waals surface area contributed by atoms with Crippen molar-refractivity contribution in [2.75, 3.05) is 19.6 Å². The molecule has 3 heteroatoms. The molecule has 0 spiro atoms. The fourth-order valence-corrected chi connectivity index (χ4v) is 1.69. The zero-order valence-electron chi connectivity index (χ0n) is 8.51. The van der Waals surface area contributed by atoms with Crippen molar-refractivity contribution in [1.29, 1.82) is 0 Å². The van der Waals surface area contributed by atoms with Gasteiger partial charge in [0.1, 0.15) is 0 Å². The van der Waals surface area contributed by atoms with E-state index in [-0.39, 0.29) is 5.91 Å². The van der Waals surface area contributed by atoms with Gasteiger partial charge in [0.15, 0.2) is 0 Å². The number of carbonyl (C=O) groups is 1. The van der Waals surface area contributed by atoms with Crippen LogP contribution in [0.4, 0.5) is 0 Å². The van der Waals surface area contributed by atoms with Gasteiger partial charge in [0.25, 0.3) is 0 Å². The summed E-state index contributed by atoms with van der Waals surface area (Å²) < 4.78 is 0. The first-order valence-electron chi connectivity index (χ1n) is 5.24. The predicted octanol–water partition coefficient (Wildman–Crippen LogP) is 0.516. The molecule has 1 aliphatic rings. The quantitative estimate of drug-likeness (QED) is 0.506. The molecular weight excluding hydrogens is 176 g/mol. The Morgan fingerprint density at radius 1 is 1.50 bits per heavy atom. The second kappa shape index (κ2) is 6.44. The molecule has 1 rings (SSSR count). The molecule has 14 heavy (non-hydrogen) atoms. The van der Waals surface area contributed by atoms with Crippen molar-refractivity contribution in [3.05, 3.63) is 0 Å². The summed E-state index contributed by atoms with van der Waals surface area (Å²) in [6, 6.07) is 0. The minimum absolute atomic E-state index is 0.146. The maximum atomic E-state index is 11.4. The van der Waals surface area contributed by atoms with Crippen molar-refractivity contribution in [1.82, 2.24) is 10.6 Å². The van der Waals surface area contributed by atoms with Crippen LogP contribution in [0.25, 0.3) is 0 Å². The normalized spacial score (nSPS) is 17.4. The van der Waals surface area contributed by atoms with E-state index in [1.807, 2.05) is 0 Å². The Kier molecular flexibility index (Phi) is 5.09. The molecule has 0 saturated carbocycles. The molecule has 0 aromatic heterocycles. The zero-order valence-corrected chi connectivity index (χ0v) is 8.51. The number of terminal acetylenes is 1. The lowest BCUT2D eigenvalue weighted by Crippen LogP contribution is -2.32. The van der Waals surface area contributed by atoms with Crippen molar-refractivity contribution < 1.29 is 4.79 Å². The van der Waals surface area contributed by atoms with Crippen LogP contribution in [0.3, 0.4) is 0 Å². The lowest BCUT2D eigenvalue weighted by Gasteiger charge is -2.21. The molecule has 1 heterocycles. The van der Waals surface area contributed by atoms with E-state index in [4.69, 9.17) is 6.42 Å². The number of amides is 1. The van der Waals surface area contributed by atoms with Gasteiger partial charge >= 0.3 is 0 Å². The van der Waals surface area contributed by atoms with Crippen LogP contribution in [0.1, 0.15) is 25.7 Å². The molecule has 1 amide bonds. The highest BCUT2D eigenvalue weighted by Gasteiger charge is 2.15. The van der Waals surface area contributed by atoms with Crippen LogP contribution in [-0.2, 0) is 4.79 Å². The molecule has 0 radical (unpaired) electrons. The summed E-state index contributed by atoms with van der Waals surface area (Å²) in [5.41, 5.74) is 0. The fourth-order valence-electron chi connectivity index (χ4n) is 1.69. The first-order chi connectivity index (χ1) is 6.83. The number of carbonyl (C=O) groups excluding carboxylic acids is 1. The average Bonchev–Trinajstić information content (AvgIpc) is 2.20. The third kappa shape index (κ3) is 4.29. The molecule has 78 valence electrons. The molecule has 3 nitrogen and oxygen atoms in total. The van der Waals surface area contributed by atoms with E-state index < -0.39 is 0 Å². The SMILES string of the molecule is C#CCCNC(=O)CC1CCNCC1. The lowest BCUT2D eigenvalue weighted by molar-refractivity contribution is -0.122. The predicted molar refractivity (Wildman–Crippen MR) is 56.7 cm³/mol. The van der Waals surface area contributed by atoms with Crippen molar-refractivity contribution in [2.24, 2.45) is 5.92 Å². The summed E-state index contributed by atoms with van der Waals surface area (Å²) in [5, 5.41) is 6.11. The van der Waals surface area contributed by atoms with Gasteiger partial charge in [-0.1, -0.05) is 0 Å². The summed E-state index contributed by atoms with van der Waals surface area (Å²) in [5.74, 6) is 3.20. The molecule has 1 saturated heterocycles. The summed E-state index contributed by atoms with van der Waals surface area (Å²) in [6.45, 7) is 2.70. The number of hydrogen-bond acceptors (Lipinski definition) is 2. The highest BCUT2D eigenvalue weighted by Crippen LogP contribution is 2.15. The van der Waals surface area contributed by atoms with Gasteiger partial charge in [0.05, 0.1) is 0 Å². The largest absolute Gasteiger partial charge is 0.355 e. The van der Waals surface area contributed by atoms with Crippen LogP contribution in [-0.4, -0.2) is 25.5 Å². The van der Waals surface area contributed by atoms with E-state index in [0.29, 0.717) is 25.3 Å². The van der Waals surface area contributed by atoms with E-state index >= 15 is 0 Å². The molecule has 0 aromatic carbocycles. The van der Waals surface area contributed by atoms with E-state index in [9.17, 15) is 4.79 Å². The summed E-state index contributed by atoms with van der Waals surface area (Å²) in [4.78, 5) is 11.4. The monoisotopic (exact) mass is 194 g/mol. The van der Waals surface area contributed by atoms with Crippen LogP contribution in [0.15, 0.2) is 0 Å². The molecule has 0 unspecified atom stereocenters. The van der Waals surface area contributed by atoms with E-state index in [0.717, 1.165) is 25.9 Å². The Bertz CT molecular complexity index is 214. The molecular formula is C11H18N2O. The highest BCUT2D eigenvalue weighted by atomic mass is 16.1.